The highest BCUT2D eigenvalue weighted by Gasteiger charge is 2.24. The minimum atomic E-state index is -0.379. The van der Waals surface area contributed by atoms with Crippen LogP contribution in [-0.2, 0) is 4.79 Å². The Morgan fingerprint density at radius 1 is 1.45 bits per heavy atom. The van der Waals surface area contributed by atoms with Gasteiger partial charge < -0.3 is 5.32 Å². The van der Waals surface area contributed by atoms with Gasteiger partial charge in [0, 0.05) is 6.04 Å². The molecule has 0 aliphatic heterocycles. The molecule has 22 heavy (non-hydrogen) atoms. The van der Waals surface area contributed by atoms with Crippen LogP contribution >= 0.6 is 15.9 Å². The molecule has 1 aliphatic rings. The predicted octanol–water partition coefficient (Wildman–Crippen LogP) is 4.19. The minimum absolute atomic E-state index is 0.0382. The summed E-state index contributed by atoms with van der Waals surface area (Å²) in [5, 5.41) is 12.2. The van der Waals surface area contributed by atoms with Crippen molar-refractivity contribution in [2.75, 3.05) is 0 Å². The van der Waals surface area contributed by atoms with Gasteiger partial charge in [-0.05, 0) is 58.5 Å². The highest BCUT2D eigenvalue weighted by molar-refractivity contribution is 9.10. The molecule has 0 heterocycles. The molecule has 0 saturated heterocycles. The number of hydrogen-bond donors (Lipinski definition) is 1. The van der Waals surface area contributed by atoms with Crippen LogP contribution < -0.4 is 5.32 Å². The summed E-state index contributed by atoms with van der Waals surface area (Å²) in [6.45, 7) is 2.12. The monoisotopic (exact) mass is 364 g/mol. The summed E-state index contributed by atoms with van der Waals surface area (Å²) in [6, 6.07) is 6.43. The van der Waals surface area contributed by atoms with Crippen LogP contribution in [0.25, 0.3) is 6.08 Å². The van der Waals surface area contributed by atoms with Crippen LogP contribution in [0, 0.1) is 23.1 Å². The molecule has 116 valence electrons. The van der Waals surface area contributed by atoms with Gasteiger partial charge in [0.05, 0.1) is 4.47 Å². The third-order valence-corrected chi connectivity index (χ3v) is 4.66. The summed E-state index contributed by atoms with van der Waals surface area (Å²) in [5.74, 6) is -0.310. The van der Waals surface area contributed by atoms with Gasteiger partial charge in [-0.15, -0.1) is 0 Å². The smallest absolute Gasteiger partial charge is 0.262 e. The number of nitrogens with zero attached hydrogens (tertiary/aromatic N) is 1. The molecule has 0 unspecified atom stereocenters. The average molecular weight is 365 g/mol. The van der Waals surface area contributed by atoms with Gasteiger partial charge in [0.2, 0.25) is 0 Å². The van der Waals surface area contributed by atoms with Gasteiger partial charge in [0.15, 0.2) is 0 Å². The number of hydrogen-bond acceptors (Lipinski definition) is 2. The SMILES string of the molecule is C[C@@H]1CCCC[C@H]1NC(=O)/C(C#N)=C/c1ccc(F)c(Br)c1. The first-order valence-electron chi connectivity index (χ1n) is 7.39. The van der Waals surface area contributed by atoms with Crippen LogP contribution in [0.4, 0.5) is 4.39 Å². The van der Waals surface area contributed by atoms with Gasteiger partial charge in [0.25, 0.3) is 5.91 Å². The summed E-state index contributed by atoms with van der Waals surface area (Å²) in [5.41, 5.74) is 0.646. The van der Waals surface area contributed by atoms with Gasteiger partial charge in [-0.1, -0.05) is 25.8 Å². The molecule has 0 aromatic heterocycles. The summed E-state index contributed by atoms with van der Waals surface area (Å²) >= 11 is 3.09. The van der Waals surface area contributed by atoms with Gasteiger partial charge >= 0.3 is 0 Å². The lowest BCUT2D eigenvalue weighted by atomic mass is 9.86. The Bertz CT molecular complexity index is 636. The molecular formula is C17H18BrFN2O. The lowest BCUT2D eigenvalue weighted by Gasteiger charge is -2.29. The normalized spacial score (nSPS) is 22.0. The molecule has 1 aliphatic carbocycles. The molecule has 1 saturated carbocycles. The lowest BCUT2D eigenvalue weighted by Crippen LogP contribution is -2.41. The second kappa shape index (κ2) is 7.55. The number of nitrogens with one attached hydrogen (secondary N) is 1. The number of benzene rings is 1. The number of rotatable bonds is 3. The molecule has 1 fully saturated rings. The van der Waals surface area contributed by atoms with Crippen molar-refractivity contribution in [2.45, 2.75) is 38.6 Å². The van der Waals surface area contributed by atoms with Gasteiger partial charge in [-0.3, -0.25) is 4.79 Å². The van der Waals surface area contributed by atoms with Crippen molar-refractivity contribution in [1.82, 2.24) is 5.32 Å². The third kappa shape index (κ3) is 4.17. The molecule has 0 spiro atoms. The minimum Gasteiger partial charge on any atom is -0.348 e. The van der Waals surface area contributed by atoms with Crippen LogP contribution in [0.15, 0.2) is 28.2 Å². The zero-order valence-corrected chi connectivity index (χ0v) is 14.0. The number of carbonyl (C=O) groups excluding carboxylic acids is 1. The molecule has 1 aromatic carbocycles. The Hall–Kier alpha value is -1.67. The van der Waals surface area contributed by atoms with E-state index in [1.54, 1.807) is 6.07 Å². The number of nitriles is 1. The maximum absolute atomic E-state index is 13.2. The van der Waals surface area contributed by atoms with Crippen LogP contribution in [0.5, 0.6) is 0 Å². The Morgan fingerprint density at radius 2 is 2.18 bits per heavy atom. The fourth-order valence-corrected chi connectivity index (χ4v) is 3.09. The van der Waals surface area contributed by atoms with Crippen molar-refractivity contribution < 1.29 is 9.18 Å². The quantitative estimate of drug-likeness (QED) is 0.645. The van der Waals surface area contributed by atoms with E-state index in [-0.39, 0.29) is 23.3 Å². The molecule has 1 amide bonds. The topological polar surface area (TPSA) is 52.9 Å². The molecule has 1 N–H and O–H groups in total. The van der Waals surface area contributed by atoms with E-state index >= 15 is 0 Å². The first kappa shape index (κ1) is 16.7. The lowest BCUT2D eigenvalue weighted by molar-refractivity contribution is -0.118. The Balaban J connectivity index is 2.13. The highest BCUT2D eigenvalue weighted by atomic mass is 79.9. The van der Waals surface area contributed by atoms with E-state index in [1.165, 1.54) is 24.6 Å². The zero-order chi connectivity index (χ0) is 16.1. The first-order chi connectivity index (χ1) is 10.5. The molecule has 5 heteroatoms. The average Bonchev–Trinajstić information content (AvgIpc) is 2.50. The summed E-state index contributed by atoms with van der Waals surface area (Å²) in [7, 11) is 0. The second-order valence-corrected chi connectivity index (χ2v) is 6.54. The van der Waals surface area contributed by atoms with Crippen LogP contribution in [0.3, 0.4) is 0 Å². The van der Waals surface area contributed by atoms with Gasteiger partial charge in [-0.2, -0.15) is 5.26 Å². The van der Waals surface area contributed by atoms with Crippen LogP contribution in [0.2, 0.25) is 0 Å². The zero-order valence-electron chi connectivity index (χ0n) is 12.4. The maximum Gasteiger partial charge on any atom is 0.262 e. The molecule has 0 radical (unpaired) electrons. The fraction of sp³-hybridized carbons (Fsp3) is 0.412. The van der Waals surface area contributed by atoms with E-state index in [1.807, 2.05) is 6.07 Å². The Morgan fingerprint density at radius 3 is 2.82 bits per heavy atom. The highest BCUT2D eigenvalue weighted by Crippen LogP contribution is 2.24. The molecule has 3 nitrogen and oxygen atoms in total. The summed E-state index contributed by atoms with van der Waals surface area (Å²) in [4.78, 5) is 12.3. The van der Waals surface area contributed by atoms with Crippen molar-refractivity contribution in [3.63, 3.8) is 0 Å². The van der Waals surface area contributed by atoms with E-state index < -0.39 is 0 Å². The van der Waals surface area contributed by atoms with E-state index in [9.17, 15) is 14.4 Å². The summed E-state index contributed by atoms with van der Waals surface area (Å²) < 4.78 is 13.5. The number of halogens is 2. The van der Waals surface area contributed by atoms with Crippen molar-refractivity contribution >= 4 is 27.9 Å². The van der Waals surface area contributed by atoms with Gasteiger partial charge in [-0.25, -0.2) is 4.39 Å². The molecule has 0 bridgehead atoms. The van der Waals surface area contributed by atoms with Crippen molar-refractivity contribution in [3.05, 3.63) is 39.6 Å². The van der Waals surface area contributed by atoms with E-state index in [0.717, 1.165) is 19.3 Å². The second-order valence-electron chi connectivity index (χ2n) is 5.69. The van der Waals surface area contributed by atoms with Crippen LogP contribution in [0.1, 0.15) is 38.2 Å². The first-order valence-corrected chi connectivity index (χ1v) is 8.18. The van der Waals surface area contributed by atoms with E-state index in [2.05, 4.69) is 28.2 Å². The third-order valence-electron chi connectivity index (χ3n) is 4.05. The predicted molar refractivity (Wildman–Crippen MR) is 87.3 cm³/mol. The molecule has 1 aromatic rings. The fourth-order valence-electron chi connectivity index (χ4n) is 2.69. The van der Waals surface area contributed by atoms with Crippen LogP contribution in [-0.4, -0.2) is 11.9 Å². The largest absolute Gasteiger partial charge is 0.348 e. The Kier molecular flexibility index (Phi) is 5.73. The van der Waals surface area contributed by atoms with Gasteiger partial charge in [0.1, 0.15) is 17.5 Å². The Labute approximate surface area is 138 Å². The van der Waals surface area contributed by atoms with Crippen molar-refractivity contribution in [3.8, 4) is 6.07 Å². The molecule has 2 atom stereocenters. The molecular weight excluding hydrogens is 347 g/mol. The van der Waals surface area contributed by atoms with Crippen molar-refractivity contribution in [1.29, 1.82) is 5.26 Å². The van der Waals surface area contributed by atoms with E-state index in [4.69, 9.17) is 0 Å². The number of amides is 1. The van der Waals surface area contributed by atoms with E-state index in [0.29, 0.717) is 16.0 Å². The van der Waals surface area contributed by atoms with Crippen molar-refractivity contribution in [2.24, 2.45) is 5.92 Å². The standard InChI is InChI=1S/C17H18BrFN2O/c1-11-4-2-3-5-16(11)21-17(22)13(10-20)8-12-6-7-15(19)14(18)9-12/h6-9,11,16H,2-5H2,1H3,(H,21,22)/b13-8+/t11-,16-/m1/s1. The summed E-state index contributed by atoms with van der Waals surface area (Å²) in [6.07, 6.45) is 5.83. The maximum atomic E-state index is 13.2. The molecule has 2 rings (SSSR count). The number of carbonyl (C=O) groups is 1.